The molecule has 18 heavy (non-hydrogen) atoms. The normalized spacial score (nSPS) is 33.5. The van der Waals surface area contributed by atoms with Crippen LogP contribution < -0.4 is 5.32 Å². The van der Waals surface area contributed by atoms with E-state index >= 15 is 0 Å². The fourth-order valence-corrected chi connectivity index (χ4v) is 3.97. The molecule has 1 nitrogen and oxygen atoms in total. The summed E-state index contributed by atoms with van der Waals surface area (Å²) in [7, 11) is 2.03. The van der Waals surface area contributed by atoms with Crippen molar-refractivity contribution in [2.75, 3.05) is 13.6 Å². The monoisotopic (exact) mass is 247 g/mol. The summed E-state index contributed by atoms with van der Waals surface area (Å²) in [5.74, 6) is 1.83. The molecule has 2 atom stereocenters. The summed E-state index contributed by atoms with van der Waals surface area (Å²) in [5.41, 5.74) is 2.81. The zero-order valence-electron chi connectivity index (χ0n) is 11.3. The zero-order valence-corrected chi connectivity index (χ0v) is 11.3. The molecule has 2 fully saturated rings. The SMILES string of the molecule is CNCC1(Cc2cc(F)ccc2C)CC2CC2C1. The third kappa shape index (κ3) is 2.18. The van der Waals surface area contributed by atoms with E-state index in [0.29, 0.717) is 5.41 Å². The van der Waals surface area contributed by atoms with E-state index in [1.807, 2.05) is 13.1 Å². The van der Waals surface area contributed by atoms with Crippen LogP contribution in [0.2, 0.25) is 0 Å². The second kappa shape index (κ2) is 4.34. The first kappa shape index (κ1) is 12.2. The van der Waals surface area contributed by atoms with E-state index in [0.717, 1.165) is 24.8 Å². The average molecular weight is 247 g/mol. The van der Waals surface area contributed by atoms with Gasteiger partial charge in [-0.25, -0.2) is 4.39 Å². The molecule has 2 aliphatic rings. The molecule has 0 saturated heterocycles. The Labute approximate surface area is 109 Å². The number of aryl methyl sites for hydroxylation is 1. The van der Waals surface area contributed by atoms with Gasteiger partial charge in [0.15, 0.2) is 0 Å². The van der Waals surface area contributed by atoms with Gasteiger partial charge < -0.3 is 5.32 Å². The van der Waals surface area contributed by atoms with Crippen molar-refractivity contribution in [2.45, 2.75) is 32.6 Å². The highest BCUT2D eigenvalue weighted by atomic mass is 19.1. The molecule has 0 radical (unpaired) electrons. The van der Waals surface area contributed by atoms with Crippen molar-refractivity contribution in [3.63, 3.8) is 0 Å². The van der Waals surface area contributed by atoms with E-state index in [-0.39, 0.29) is 5.82 Å². The summed E-state index contributed by atoms with van der Waals surface area (Å²) < 4.78 is 13.4. The lowest BCUT2D eigenvalue weighted by molar-refractivity contribution is 0.254. The minimum atomic E-state index is -0.0987. The molecule has 0 aliphatic heterocycles. The number of hydrogen-bond donors (Lipinski definition) is 1. The van der Waals surface area contributed by atoms with Crippen molar-refractivity contribution >= 4 is 0 Å². The van der Waals surface area contributed by atoms with Crippen LogP contribution in [0.15, 0.2) is 18.2 Å². The number of hydrogen-bond acceptors (Lipinski definition) is 1. The maximum absolute atomic E-state index is 13.4. The maximum atomic E-state index is 13.4. The molecule has 3 rings (SSSR count). The van der Waals surface area contributed by atoms with E-state index in [1.165, 1.54) is 30.4 Å². The quantitative estimate of drug-likeness (QED) is 0.860. The van der Waals surface area contributed by atoms with Gasteiger partial charge in [0.2, 0.25) is 0 Å². The van der Waals surface area contributed by atoms with Crippen molar-refractivity contribution in [1.29, 1.82) is 0 Å². The highest BCUT2D eigenvalue weighted by molar-refractivity contribution is 5.28. The largest absolute Gasteiger partial charge is 0.319 e. The topological polar surface area (TPSA) is 12.0 Å². The Hall–Kier alpha value is -0.890. The van der Waals surface area contributed by atoms with Gasteiger partial charge in [0, 0.05) is 6.54 Å². The van der Waals surface area contributed by atoms with Crippen LogP contribution in [-0.4, -0.2) is 13.6 Å². The van der Waals surface area contributed by atoms with Crippen molar-refractivity contribution in [3.8, 4) is 0 Å². The molecule has 0 aromatic heterocycles. The molecule has 0 amide bonds. The van der Waals surface area contributed by atoms with Gasteiger partial charge in [0.05, 0.1) is 0 Å². The van der Waals surface area contributed by atoms with Crippen molar-refractivity contribution in [2.24, 2.45) is 17.3 Å². The van der Waals surface area contributed by atoms with Gasteiger partial charge in [0.1, 0.15) is 5.82 Å². The smallest absolute Gasteiger partial charge is 0.123 e. The predicted octanol–water partition coefficient (Wildman–Crippen LogP) is 3.31. The van der Waals surface area contributed by atoms with Crippen LogP contribution in [0, 0.1) is 30.0 Å². The summed E-state index contributed by atoms with van der Waals surface area (Å²) in [5, 5.41) is 3.35. The highest BCUT2D eigenvalue weighted by Gasteiger charge is 2.53. The fourth-order valence-electron chi connectivity index (χ4n) is 3.97. The first-order valence-electron chi connectivity index (χ1n) is 7.01. The first-order chi connectivity index (χ1) is 8.62. The number of benzene rings is 1. The Morgan fingerprint density at radius 2 is 2.06 bits per heavy atom. The molecule has 0 heterocycles. The molecule has 2 aliphatic carbocycles. The summed E-state index contributed by atoms with van der Waals surface area (Å²) in [4.78, 5) is 0. The van der Waals surface area contributed by atoms with Gasteiger partial charge in [-0.2, -0.15) is 0 Å². The molecular weight excluding hydrogens is 225 g/mol. The number of fused-ring (bicyclic) bond motifs is 1. The summed E-state index contributed by atoms with van der Waals surface area (Å²) in [6.45, 7) is 3.16. The second-order valence-electron chi connectivity index (χ2n) is 6.44. The molecule has 2 unspecified atom stereocenters. The van der Waals surface area contributed by atoms with Crippen molar-refractivity contribution in [1.82, 2.24) is 5.32 Å². The van der Waals surface area contributed by atoms with Crippen LogP contribution in [0.3, 0.4) is 0 Å². The Morgan fingerprint density at radius 3 is 2.72 bits per heavy atom. The lowest BCUT2D eigenvalue weighted by Crippen LogP contribution is -2.33. The van der Waals surface area contributed by atoms with Crippen LogP contribution in [0.4, 0.5) is 4.39 Å². The van der Waals surface area contributed by atoms with E-state index in [2.05, 4.69) is 12.2 Å². The number of nitrogens with one attached hydrogen (secondary N) is 1. The van der Waals surface area contributed by atoms with Crippen molar-refractivity contribution in [3.05, 3.63) is 35.1 Å². The Kier molecular flexibility index (Phi) is 2.93. The number of rotatable bonds is 4. The molecule has 2 heteroatoms. The Balaban J connectivity index is 1.82. The zero-order chi connectivity index (χ0) is 12.8. The van der Waals surface area contributed by atoms with Crippen LogP contribution in [-0.2, 0) is 6.42 Å². The molecule has 0 spiro atoms. The average Bonchev–Trinajstić information content (AvgIpc) is 2.93. The highest BCUT2D eigenvalue weighted by Crippen LogP contribution is 2.60. The molecule has 98 valence electrons. The lowest BCUT2D eigenvalue weighted by Gasteiger charge is -2.31. The molecule has 1 aromatic carbocycles. The van der Waals surface area contributed by atoms with E-state index < -0.39 is 0 Å². The van der Waals surface area contributed by atoms with Crippen LogP contribution in [0.5, 0.6) is 0 Å². The van der Waals surface area contributed by atoms with E-state index in [9.17, 15) is 4.39 Å². The fraction of sp³-hybridized carbons (Fsp3) is 0.625. The molecule has 1 aromatic rings. The van der Waals surface area contributed by atoms with Gasteiger partial charge in [-0.15, -0.1) is 0 Å². The third-order valence-corrected chi connectivity index (χ3v) is 4.89. The van der Waals surface area contributed by atoms with Gasteiger partial charge in [-0.05, 0) is 80.2 Å². The standard InChI is InChI=1S/C16H22FN/c1-11-3-4-15(17)6-12(11)7-16(10-18-2)8-13-5-14(13)9-16/h3-4,6,13-14,18H,5,7-10H2,1-2H3. The third-order valence-electron chi connectivity index (χ3n) is 4.89. The molecular formula is C16H22FN. The molecule has 1 N–H and O–H groups in total. The van der Waals surface area contributed by atoms with E-state index in [1.54, 1.807) is 12.1 Å². The predicted molar refractivity (Wildman–Crippen MR) is 72.0 cm³/mol. The lowest BCUT2D eigenvalue weighted by atomic mass is 9.76. The Bertz CT molecular complexity index is 444. The minimum absolute atomic E-state index is 0.0987. The summed E-state index contributed by atoms with van der Waals surface area (Å²) in [6.07, 6.45) is 5.13. The van der Waals surface area contributed by atoms with Crippen LogP contribution in [0.1, 0.15) is 30.4 Å². The van der Waals surface area contributed by atoms with E-state index in [4.69, 9.17) is 0 Å². The van der Waals surface area contributed by atoms with Crippen LogP contribution >= 0.6 is 0 Å². The Morgan fingerprint density at radius 1 is 1.33 bits per heavy atom. The molecule has 2 saturated carbocycles. The first-order valence-corrected chi connectivity index (χ1v) is 7.01. The van der Waals surface area contributed by atoms with Crippen LogP contribution in [0.25, 0.3) is 0 Å². The van der Waals surface area contributed by atoms with Gasteiger partial charge >= 0.3 is 0 Å². The van der Waals surface area contributed by atoms with Gasteiger partial charge in [-0.3, -0.25) is 0 Å². The minimum Gasteiger partial charge on any atom is -0.319 e. The van der Waals surface area contributed by atoms with Gasteiger partial charge in [0.25, 0.3) is 0 Å². The molecule has 0 bridgehead atoms. The summed E-state index contributed by atoms with van der Waals surface area (Å²) >= 11 is 0. The maximum Gasteiger partial charge on any atom is 0.123 e. The summed E-state index contributed by atoms with van der Waals surface area (Å²) in [6, 6.07) is 5.21. The van der Waals surface area contributed by atoms with Gasteiger partial charge in [-0.1, -0.05) is 6.07 Å². The van der Waals surface area contributed by atoms with Crippen molar-refractivity contribution < 1.29 is 4.39 Å². The second-order valence-corrected chi connectivity index (χ2v) is 6.44. The number of halogens is 1.